The molecule has 0 fully saturated rings. The standard InChI is InChI=1S/C15H19N7/c1-7-4-8(2)11(9(3)5-7)12-10(6-16)13(17)22-15(19-12)20-14(18)21-22/h4-5H,6,16-17H2,1-3H3,(H2,18,21). The first-order valence-electron chi connectivity index (χ1n) is 7.01. The summed E-state index contributed by atoms with van der Waals surface area (Å²) in [6, 6.07) is 4.23. The molecule has 6 N–H and O–H groups in total. The molecule has 22 heavy (non-hydrogen) atoms. The van der Waals surface area contributed by atoms with Crippen LogP contribution in [0, 0.1) is 20.8 Å². The van der Waals surface area contributed by atoms with Crippen molar-refractivity contribution in [1.82, 2.24) is 19.6 Å². The van der Waals surface area contributed by atoms with E-state index in [2.05, 4.69) is 48.0 Å². The third-order valence-electron chi connectivity index (χ3n) is 3.76. The van der Waals surface area contributed by atoms with E-state index in [1.54, 1.807) is 0 Å². The summed E-state index contributed by atoms with van der Waals surface area (Å²) in [6.45, 7) is 6.43. The van der Waals surface area contributed by atoms with E-state index < -0.39 is 0 Å². The molecule has 0 amide bonds. The van der Waals surface area contributed by atoms with E-state index in [4.69, 9.17) is 17.2 Å². The first-order chi connectivity index (χ1) is 10.4. The van der Waals surface area contributed by atoms with E-state index in [9.17, 15) is 0 Å². The Morgan fingerprint density at radius 1 is 1.05 bits per heavy atom. The van der Waals surface area contributed by atoms with E-state index in [1.807, 2.05) is 0 Å². The molecule has 7 nitrogen and oxygen atoms in total. The third kappa shape index (κ3) is 2.06. The summed E-state index contributed by atoms with van der Waals surface area (Å²) in [7, 11) is 0. The van der Waals surface area contributed by atoms with Crippen LogP contribution in [0.3, 0.4) is 0 Å². The lowest BCUT2D eigenvalue weighted by Crippen LogP contribution is -2.12. The highest BCUT2D eigenvalue weighted by Crippen LogP contribution is 2.32. The molecule has 114 valence electrons. The molecule has 2 heterocycles. The van der Waals surface area contributed by atoms with Crippen LogP contribution in [0.2, 0.25) is 0 Å². The summed E-state index contributed by atoms with van der Waals surface area (Å²) in [4.78, 5) is 8.71. The molecule has 3 rings (SSSR count). The van der Waals surface area contributed by atoms with E-state index in [0.29, 0.717) is 11.6 Å². The predicted octanol–water partition coefficient (Wildman–Crippen LogP) is 1.34. The van der Waals surface area contributed by atoms with E-state index in [-0.39, 0.29) is 12.5 Å². The molecule has 0 atom stereocenters. The minimum atomic E-state index is 0.136. The number of hydrogen-bond donors (Lipinski definition) is 3. The molecule has 3 aromatic rings. The molecule has 0 radical (unpaired) electrons. The Hall–Kier alpha value is -2.67. The van der Waals surface area contributed by atoms with Gasteiger partial charge in [-0.05, 0) is 31.9 Å². The zero-order chi connectivity index (χ0) is 16.0. The number of rotatable bonds is 2. The fraction of sp³-hybridized carbons (Fsp3) is 0.267. The second-order valence-electron chi connectivity index (χ2n) is 5.48. The molecule has 0 aliphatic carbocycles. The number of fused-ring (bicyclic) bond motifs is 1. The zero-order valence-corrected chi connectivity index (χ0v) is 12.9. The van der Waals surface area contributed by atoms with Gasteiger partial charge in [0.2, 0.25) is 5.95 Å². The molecule has 7 heteroatoms. The van der Waals surface area contributed by atoms with E-state index in [1.165, 1.54) is 10.1 Å². The molecular formula is C15H19N7. The normalized spacial score (nSPS) is 11.3. The van der Waals surface area contributed by atoms with Crippen LogP contribution in [-0.2, 0) is 6.54 Å². The smallest absolute Gasteiger partial charge is 0.256 e. The van der Waals surface area contributed by atoms with Crippen LogP contribution < -0.4 is 17.2 Å². The highest BCUT2D eigenvalue weighted by atomic mass is 15.4. The first kappa shape index (κ1) is 14.3. The van der Waals surface area contributed by atoms with Crippen molar-refractivity contribution < 1.29 is 0 Å². The van der Waals surface area contributed by atoms with E-state index in [0.717, 1.165) is 27.9 Å². The van der Waals surface area contributed by atoms with Crippen LogP contribution in [-0.4, -0.2) is 19.6 Å². The fourth-order valence-corrected chi connectivity index (χ4v) is 2.93. The average molecular weight is 297 g/mol. The number of aromatic nitrogens is 4. The van der Waals surface area contributed by atoms with Crippen molar-refractivity contribution in [3.63, 3.8) is 0 Å². The molecule has 2 aromatic heterocycles. The molecular weight excluding hydrogens is 278 g/mol. The van der Waals surface area contributed by atoms with Crippen LogP contribution in [0.5, 0.6) is 0 Å². The Labute approximate surface area is 128 Å². The van der Waals surface area contributed by atoms with Gasteiger partial charge in [0.05, 0.1) is 5.69 Å². The SMILES string of the molecule is Cc1cc(C)c(-c2nc3nc(N)nn3c(N)c2CN)c(C)c1. The largest absolute Gasteiger partial charge is 0.383 e. The van der Waals surface area contributed by atoms with Gasteiger partial charge in [-0.15, -0.1) is 5.10 Å². The molecule has 1 aromatic carbocycles. The quantitative estimate of drug-likeness (QED) is 0.656. The monoisotopic (exact) mass is 297 g/mol. The average Bonchev–Trinajstić information content (AvgIpc) is 2.79. The Morgan fingerprint density at radius 2 is 1.68 bits per heavy atom. The minimum absolute atomic E-state index is 0.136. The van der Waals surface area contributed by atoms with Crippen LogP contribution in [0.25, 0.3) is 17.0 Å². The van der Waals surface area contributed by atoms with Gasteiger partial charge in [-0.2, -0.15) is 9.50 Å². The Morgan fingerprint density at radius 3 is 2.27 bits per heavy atom. The van der Waals surface area contributed by atoms with Gasteiger partial charge in [0, 0.05) is 17.7 Å². The van der Waals surface area contributed by atoms with Crippen molar-refractivity contribution >= 4 is 17.5 Å². The number of hydrogen-bond acceptors (Lipinski definition) is 6. The highest BCUT2D eigenvalue weighted by molar-refractivity contribution is 5.75. The Kier molecular flexibility index (Phi) is 3.22. The van der Waals surface area contributed by atoms with Crippen molar-refractivity contribution in [3.05, 3.63) is 34.4 Å². The second kappa shape index (κ2) is 4.96. The van der Waals surface area contributed by atoms with Crippen molar-refractivity contribution in [1.29, 1.82) is 0 Å². The summed E-state index contributed by atoms with van der Waals surface area (Å²) in [5, 5.41) is 4.06. The van der Waals surface area contributed by atoms with Crippen LogP contribution in [0.1, 0.15) is 22.3 Å². The van der Waals surface area contributed by atoms with Crippen LogP contribution in [0.4, 0.5) is 11.8 Å². The Bertz CT molecular complexity index is 856. The van der Waals surface area contributed by atoms with Gasteiger partial charge in [0.1, 0.15) is 5.82 Å². The summed E-state index contributed by atoms with van der Waals surface area (Å²) in [5.41, 5.74) is 23.7. The molecule has 0 saturated carbocycles. The first-order valence-corrected chi connectivity index (χ1v) is 7.01. The van der Waals surface area contributed by atoms with Gasteiger partial charge < -0.3 is 17.2 Å². The van der Waals surface area contributed by atoms with Crippen LogP contribution in [0.15, 0.2) is 12.1 Å². The molecule has 0 spiro atoms. The highest BCUT2D eigenvalue weighted by Gasteiger charge is 2.19. The number of nitrogens with zero attached hydrogens (tertiary/aromatic N) is 4. The lowest BCUT2D eigenvalue weighted by molar-refractivity contribution is 0.922. The number of anilines is 2. The maximum absolute atomic E-state index is 6.20. The summed E-state index contributed by atoms with van der Waals surface area (Å²) >= 11 is 0. The maximum atomic E-state index is 6.20. The predicted molar refractivity (Wildman–Crippen MR) is 87.1 cm³/mol. The third-order valence-corrected chi connectivity index (χ3v) is 3.76. The van der Waals surface area contributed by atoms with Gasteiger partial charge in [0.15, 0.2) is 0 Å². The minimum Gasteiger partial charge on any atom is -0.383 e. The zero-order valence-electron chi connectivity index (χ0n) is 12.9. The topological polar surface area (TPSA) is 121 Å². The van der Waals surface area contributed by atoms with Crippen molar-refractivity contribution in [3.8, 4) is 11.3 Å². The summed E-state index contributed by atoms with van der Waals surface area (Å²) < 4.78 is 1.43. The maximum Gasteiger partial charge on any atom is 0.256 e. The van der Waals surface area contributed by atoms with Crippen molar-refractivity contribution in [2.45, 2.75) is 27.3 Å². The number of nitrogen functional groups attached to an aromatic ring is 2. The molecule has 0 saturated heterocycles. The molecule has 0 aliphatic heterocycles. The second-order valence-corrected chi connectivity index (χ2v) is 5.48. The summed E-state index contributed by atoms with van der Waals surface area (Å²) in [5.74, 6) is 0.935. The number of nitrogens with two attached hydrogens (primary N) is 3. The van der Waals surface area contributed by atoms with Gasteiger partial charge >= 0.3 is 0 Å². The van der Waals surface area contributed by atoms with Gasteiger partial charge in [-0.3, -0.25) is 0 Å². The van der Waals surface area contributed by atoms with Gasteiger partial charge in [-0.25, -0.2) is 4.98 Å². The number of aryl methyl sites for hydroxylation is 3. The van der Waals surface area contributed by atoms with E-state index >= 15 is 0 Å². The summed E-state index contributed by atoms with van der Waals surface area (Å²) in [6.07, 6.45) is 0. The molecule has 0 bridgehead atoms. The van der Waals surface area contributed by atoms with Crippen molar-refractivity contribution in [2.24, 2.45) is 5.73 Å². The van der Waals surface area contributed by atoms with Gasteiger partial charge in [-0.1, -0.05) is 17.7 Å². The molecule has 0 unspecified atom stereocenters. The number of benzene rings is 1. The molecule has 0 aliphatic rings. The van der Waals surface area contributed by atoms with Crippen molar-refractivity contribution in [2.75, 3.05) is 11.5 Å². The lowest BCUT2D eigenvalue weighted by Gasteiger charge is -2.15. The van der Waals surface area contributed by atoms with Crippen LogP contribution >= 0.6 is 0 Å². The fourth-order valence-electron chi connectivity index (χ4n) is 2.93. The lowest BCUT2D eigenvalue weighted by atomic mass is 9.94. The van der Waals surface area contributed by atoms with Gasteiger partial charge in [0.25, 0.3) is 5.78 Å². The Balaban J connectivity index is 2.40.